The van der Waals surface area contributed by atoms with Crippen LogP contribution in [0.5, 0.6) is 0 Å². The molecule has 1 aliphatic rings. The molecule has 3 nitrogen and oxygen atoms in total. The van der Waals surface area contributed by atoms with E-state index in [1.54, 1.807) is 0 Å². The van der Waals surface area contributed by atoms with E-state index in [0.717, 1.165) is 31.6 Å². The first-order valence-corrected chi connectivity index (χ1v) is 5.25. The summed E-state index contributed by atoms with van der Waals surface area (Å²) < 4.78 is 0. The van der Waals surface area contributed by atoms with Crippen LogP contribution in [-0.2, 0) is 6.42 Å². The van der Waals surface area contributed by atoms with Crippen molar-refractivity contribution in [2.75, 3.05) is 18.0 Å². The fraction of sp³-hybridized carbons (Fsp3) is 0.545. The Bertz CT molecular complexity index is 311. The molecule has 0 aromatic carbocycles. The highest BCUT2D eigenvalue weighted by molar-refractivity contribution is 5.47. The number of pyridine rings is 1. The van der Waals surface area contributed by atoms with E-state index in [1.807, 2.05) is 6.20 Å². The van der Waals surface area contributed by atoms with E-state index in [0.29, 0.717) is 6.04 Å². The van der Waals surface area contributed by atoms with E-state index in [9.17, 15) is 0 Å². The number of aryl methyl sites for hydroxylation is 1. The van der Waals surface area contributed by atoms with Gasteiger partial charge in [0.2, 0.25) is 0 Å². The number of anilines is 1. The van der Waals surface area contributed by atoms with Crippen LogP contribution in [0.3, 0.4) is 0 Å². The summed E-state index contributed by atoms with van der Waals surface area (Å²) in [4.78, 5) is 6.63. The minimum Gasteiger partial charge on any atom is -0.370 e. The molecule has 2 heterocycles. The molecule has 2 N–H and O–H groups in total. The van der Waals surface area contributed by atoms with Crippen LogP contribution >= 0.6 is 0 Å². The van der Waals surface area contributed by atoms with Crippen molar-refractivity contribution in [3.63, 3.8) is 0 Å². The average molecular weight is 191 g/mol. The summed E-state index contributed by atoms with van der Waals surface area (Å²) in [5.41, 5.74) is 8.30. The van der Waals surface area contributed by atoms with Crippen LogP contribution in [-0.4, -0.2) is 24.1 Å². The quantitative estimate of drug-likeness (QED) is 0.763. The molecule has 2 rings (SSSR count). The molecule has 1 aliphatic heterocycles. The van der Waals surface area contributed by atoms with Crippen molar-refractivity contribution in [1.29, 1.82) is 0 Å². The SMILES string of the molecule is CCc1cc(N2CCC(N)C2)ccn1. The minimum absolute atomic E-state index is 0.341. The van der Waals surface area contributed by atoms with Gasteiger partial charge in [-0.3, -0.25) is 4.98 Å². The molecule has 76 valence electrons. The van der Waals surface area contributed by atoms with Gasteiger partial charge in [0.05, 0.1) is 0 Å². The Hall–Kier alpha value is -1.09. The predicted molar refractivity (Wildman–Crippen MR) is 58.4 cm³/mol. The second-order valence-corrected chi connectivity index (χ2v) is 3.85. The molecule has 1 aromatic rings. The number of rotatable bonds is 2. The van der Waals surface area contributed by atoms with Crippen molar-refractivity contribution in [1.82, 2.24) is 4.98 Å². The maximum absolute atomic E-state index is 5.88. The van der Waals surface area contributed by atoms with Crippen LogP contribution in [0.25, 0.3) is 0 Å². The van der Waals surface area contributed by atoms with Crippen molar-refractivity contribution >= 4 is 5.69 Å². The Labute approximate surface area is 84.9 Å². The van der Waals surface area contributed by atoms with Gasteiger partial charge in [0.15, 0.2) is 0 Å². The third-order valence-electron chi connectivity index (χ3n) is 2.75. The van der Waals surface area contributed by atoms with Gasteiger partial charge in [-0.1, -0.05) is 6.92 Å². The molecule has 0 saturated carbocycles. The molecule has 1 aromatic heterocycles. The third-order valence-corrected chi connectivity index (χ3v) is 2.75. The van der Waals surface area contributed by atoms with Crippen molar-refractivity contribution in [3.05, 3.63) is 24.0 Å². The van der Waals surface area contributed by atoms with Gasteiger partial charge in [-0.15, -0.1) is 0 Å². The Morgan fingerprint density at radius 3 is 3.14 bits per heavy atom. The summed E-state index contributed by atoms with van der Waals surface area (Å²) in [6.07, 6.45) is 3.98. The largest absolute Gasteiger partial charge is 0.370 e. The van der Waals surface area contributed by atoms with Gasteiger partial charge in [-0.25, -0.2) is 0 Å². The molecule has 0 aliphatic carbocycles. The summed E-state index contributed by atoms with van der Waals surface area (Å²) in [5, 5.41) is 0. The zero-order valence-corrected chi connectivity index (χ0v) is 8.61. The lowest BCUT2D eigenvalue weighted by Gasteiger charge is -2.18. The minimum atomic E-state index is 0.341. The maximum atomic E-state index is 5.88. The number of hydrogen-bond donors (Lipinski definition) is 1. The van der Waals surface area contributed by atoms with Gasteiger partial charge in [0.25, 0.3) is 0 Å². The standard InChI is InChI=1S/C11H17N3/c1-2-10-7-11(3-5-13-10)14-6-4-9(12)8-14/h3,5,7,9H,2,4,6,8,12H2,1H3. The summed E-state index contributed by atoms with van der Waals surface area (Å²) >= 11 is 0. The monoisotopic (exact) mass is 191 g/mol. The first-order valence-electron chi connectivity index (χ1n) is 5.25. The molecule has 3 heteroatoms. The Morgan fingerprint density at radius 2 is 2.50 bits per heavy atom. The van der Waals surface area contributed by atoms with Crippen molar-refractivity contribution < 1.29 is 0 Å². The van der Waals surface area contributed by atoms with Gasteiger partial charge >= 0.3 is 0 Å². The number of aromatic nitrogens is 1. The van der Waals surface area contributed by atoms with E-state index in [-0.39, 0.29) is 0 Å². The van der Waals surface area contributed by atoms with E-state index < -0.39 is 0 Å². The first kappa shape index (κ1) is 9.46. The number of nitrogens with two attached hydrogens (primary N) is 1. The first-order chi connectivity index (χ1) is 6.79. The molecule has 0 amide bonds. The zero-order valence-electron chi connectivity index (χ0n) is 8.61. The normalized spacial score (nSPS) is 21.6. The average Bonchev–Trinajstić information content (AvgIpc) is 2.65. The Balaban J connectivity index is 2.15. The number of nitrogens with zero attached hydrogens (tertiary/aromatic N) is 2. The fourth-order valence-corrected chi connectivity index (χ4v) is 1.88. The predicted octanol–water partition coefficient (Wildman–Crippen LogP) is 1.18. The van der Waals surface area contributed by atoms with Gasteiger partial charge in [-0.05, 0) is 25.0 Å². The lowest BCUT2D eigenvalue weighted by Crippen LogP contribution is -2.26. The fourth-order valence-electron chi connectivity index (χ4n) is 1.88. The second-order valence-electron chi connectivity index (χ2n) is 3.85. The van der Waals surface area contributed by atoms with Crippen LogP contribution in [0, 0.1) is 0 Å². The highest BCUT2D eigenvalue weighted by atomic mass is 15.2. The van der Waals surface area contributed by atoms with E-state index in [1.165, 1.54) is 5.69 Å². The van der Waals surface area contributed by atoms with Crippen LogP contribution in [0.1, 0.15) is 19.0 Å². The van der Waals surface area contributed by atoms with Crippen molar-refractivity contribution in [3.8, 4) is 0 Å². The van der Waals surface area contributed by atoms with Gasteiger partial charge < -0.3 is 10.6 Å². The molecule has 1 fully saturated rings. The molecule has 14 heavy (non-hydrogen) atoms. The topological polar surface area (TPSA) is 42.1 Å². The Morgan fingerprint density at radius 1 is 1.64 bits per heavy atom. The van der Waals surface area contributed by atoms with Crippen LogP contribution in [0.2, 0.25) is 0 Å². The van der Waals surface area contributed by atoms with E-state index in [4.69, 9.17) is 5.73 Å². The van der Waals surface area contributed by atoms with Gasteiger partial charge in [-0.2, -0.15) is 0 Å². The maximum Gasteiger partial charge on any atom is 0.0421 e. The van der Waals surface area contributed by atoms with Gasteiger partial charge in [0, 0.05) is 36.7 Å². The molecule has 0 bridgehead atoms. The van der Waals surface area contributed by atoms with Gasteiger partial charge in [0.1, 0.15) is 0 Å². The zero-order chi connectivity index (χ0) is 9.97. The number of hydrogen-bond acceptors (Lipinski definition) is 3. The van der Waals surface area contributed by atoms with Crippen molar-refractivity contribution in [2.24, 2.45) is 5.73 Å². The lowest BCUT2D eigenvalue weighted by molar-refractivity contribution is 0.752. The molecule has 0 radical (unpaired) electrons. The molecular weight excluding hydrogens is 174 g/mol. The summed E-state index contributed by atoms with van der Waals surface area (Å²) in [5.74, 6) is 0. The molecular formula is C11H17N3. The third kappa shape index (κ3) is 1.87. The smallest absolute Gasteiger partial charge is 0.0421 e. The van der Waals surface area contributed by atoms with Crippen LogP contribution in [0.15, 0.2) is 18.3 Å². The highest BCUT2D eigenvalue weighted by Crippen LogP contribution is 2.19. The Kier molecular flexibility index (Phi) is 2.68. The molecule has 1 atom stereocenters. The summed E-state index contributed by atoms with van der Waals surface area (Å²) in [6, 6.07) is 4.57. The van der Waals surface area contributed by atoms with E-state index >= 15 is 0 Å². The van der Waals surface area contributed by atoms with Crippen molar-refractivity contribution in [2.45, 2.75) is 25.8 Å². The molecule has 1 unspecified atom stereocenters. The molecule has 0 spiro atoms. The van der Waals surface area contributed by atoms with E-state index in [2.05, 4.69) is 28.9 Å². The van der Waals surface area contributed by atoms with Crippen LogP contribution in [0.4, 0.5) is 5.69 Å². The summed E-state index contributed by atoms with van der Waals surface area (Å²) in [6.45, 7) is 4.18. The second kappa shape index (κ2) is 3.96. The lowest BCUT2D eigenvalue weighted by atomic mass is 10.2. The summed E-state index contributed by atoms with van der Waals surface area (Å²) in [7, 11) is 0. The highest BCUT2D eigenvalue weighted by Gasteiger charge is 2.19. The molecule has 1 saturated heterocycles. The van der Waals surface area contributed by atoms with Crippen LogP contribution < -0.4 is 10.6 Å².